The second kappa shape index (κ2) is 6.17. The summed E-state index contributed by atoms with van der Waals surface area (Å²) in [6.45, 7) is 8.26. The van der Waals surface area contributed by atoms with Gasteiger partial charge in [0.2, 0.25) is 0 Å². The quantitative estimate of drug-likeness (QED) is 0.904. The maximum Gasteiger partial charge on any atom is 0.257 e. The Bertz CT molecular complexity index is 484. The standard InChI is InChI=1S/C14H21FN4O/c1-10(2)9-18-5-7-19(8-6-18)14(20)11-3-4-17-13(16)12(11)15/h3-4,10H,5-9H2,1-2H3,(H2,16,17). The molecule has 2 N–H and O–H groups in total. The molecule has 110 valence electrons. The smallest absolute Gasteiger partial charge is 0.257 e. The van der Waals surface area contributed by atoms with Gasteiger partial charge in [0.1, 0.15) is 0 Å². The van der Waals surface area contributed by atoms with Crippen molar-refractivity contribution in [1.82, 2.24) is 14.8 Å². The Kier molecular flexibility index (Phi) is 4.54. The van der Waals surface area contributed by atoms with Crippen LogP contribution in [0.2, 0.25) is 0 Å². The van der Waals surface area contributed by atoms with Gasteiger partial charge in [-0.05, 0) is 12.0 Å². The molecule has 0 aromatic carbocycles. The molecule has 1 fully saturated rings. The third-order valence-electron chi connectivity index (χ3n) is 3.43. The topological polar surface area (TPSA) is 62.5 Å². The van der Waals surface area contributed by atoms with Crippen molar-refractivity contribution in [2.24, 2.45) is 5.92 Å². The van der Waals surface area contributed by atoms with Gasteiger partial charge in [0.15, 0.2) is 11.6 Å². The van der Waals surface area contributed by atoms with Crippen LogP contribution in [0.5, 0.6) is 0 Å². The van der Waals surface area contributed by atoms with Crippen molar-refractivity contribution in [3.05, 3.63) is 23.6 Å². The predicted molar refractivity (Wildman–Crippen MR) is 75.8 cm³/mol. The first-order valence-electron chi connectivity index (χ1n) is 6.90. The summed E-state index contributed by atoms with van der Waals surface area (Å²) in [7, 11) is 0. The number of hydrogen-bond donors (Lipinski definition) is 1. The van der Waals surface area contributed by atoms with Gasteiger partial charge >= 0.3 is 0 Å². The average Bonchev–Trinajstić information content (AvgIpc) is 2.41. The summed E-state index contributed by atoms with van der Waals surface area (Å²) in [5.41, 5.74) is 5.41. The molecule has 0 atom stereocenters. The van der Waals surface area contributed by atoms with Gasteiger partial charge < -0.3 is 10.6 Å². The van der Waals surface area contributed by atoms with Crippen LogP contribution >= 0.6 is 0 Å². The molecule has 1 saturated heterocycles. The van der Waals surface area contributed by atoms with Crippen molar-refractivity contribution in [2.45, 2.75) is 13.8 Å². The Balaban J connectivity index is 2.00. The van der Waals surface area contributed by atoms with E-state index in [2.05, 4.69) is 23.7 Å². The lowest BCUT2D eigenvalue weighted by Crippen LogP contribution is -2.49. The molecule has 1 aliphatic rings. The van der Waals surface area contributed by atoms with Crippen molar-refractivity contribution in [2.75, 3.05) is 38.5 Å². The van der Waals surface area contributed by atoms with E-state index in [4.69, 9.17) is 5.73 Å². The number of hydrogen-bond acceptors (Lipinski definition) is 4. The number of pyridine rings is 1. The lowest BCUT2D eigenvalue weighted by atomic mass is 10.1. The van der Waals surface area contributed by atoms with Crippen LogP contribution in [0.15, 0.2) is 12.3 Å². The maximum atomic E-state index is 13.8. The fraction of sp³-hybridized carbons (Fsp3) is 0.571. The lowest BCUT2D eigenvalue weighted by Gasteiger charge is -2.35. The van der Waals surface area contributed by atoms with Gasteiger partial charge in [0, 0.05) is 38.9 Å². The predicted octanol–water partition coefficient (Wildman–Crippen LogP) is 1.22. The van der Waals surface area contributed by atoms with E-state index >= 15 is 0 Å². The number of carbonyl (C=O) groups is 1. The van der Waals surface area contributed by atoms with Crippen LogP contribution in [0.3, 0.4) is 0 Å². The molecule has 6 heteroatoms. The Labute approximate surface area is 118 Å². The SMILES string of the molecule is CC(C)CN1CCN(C(=O)c2ccnc(N)c2F)CC1. The van der Waals surface area contributed by atoms with Crippen molar-refractivity contribution >= 4 is 11.7 Å². The molecule has 0 aliphatic carbocycles. The molecule has 1 aromatic heterocycles. The molecule has 0 saturated carbocycles. The Morgan fingerprint density at radius 3 is 2.65 bits per heavy atom. The lowest BCUT2D eigenvalue weighted by molar-refractivity contribution is 0.0619. The van der Waals surface area contributed by atoms with Crippen molar-refractivity contribution in [3.63, 3.8) is 0 Å². The zero-order valence-corrected chi connectivity index (χ0v) is 12.0. The highest BCUT2D eigenvalue weighted by Crippen LogP contribution is 2.15. The zero-order chi connectivity index (χ0) is 14.7. The van der Waals surface area contributed by atoms with Gasteiger partial charge in [-0.25, -0.2) is 9.37 Å². The minimum atomic E-state index is -0.720. The van der Waals surface area contributed by atoms with Crippen LogP contribution in [0, 0.1) is 11.7 Å². The van der Waals surface area contributed by atoms with E-state index in [0.717, 1.165) is 19.6 Å². The fourth-order valence-corrected chi connectivity index (χ4v) is 2.45. The summed E-state index contributed by atoms with van der Waals surface area (Å²) in [5.74, 6) is -0.646. The monoisotopic (exact) mass is 280 g/mol. The van der Waals surface area contributed by atoms with Gasteiger partial charge in [0.05, 0.1) is 5.56 Å². The van der Waals surface area contributed by atoms with Crippen LogP contribution in [0.1, 0.15) is 24.2 Å². The number of nitrogens with zero attached hydrogens (tertiary/aromatic N) is 3. The van der Waals surface area contributed by atoms with Gasteiger partial charge in [-0.1, -0.05) is 13.8 Å². The molecule has 5 nitrogen and oxygen atoms in total. The third kappa shape index (κ3) is 3.25. The van der Waals surface area contributed by atoms with E-state index in [1.54, 1.807) is 4.90 Å². The molecule has 2 rings (SSSR count). The number of halogens is 1. The van der Waals surface area contributed by atoms with Gasteiger partial charge in [-0.15, -0.1) is 0 Å². The molecule has 0 spiro atoms. The van der Waals surface area contributed by atoms with E-state index in [1.165, 1.54) is 12.3 Å². The third-order valence-corrected chi connectivity index (χ3v) is 3.43. The summed E-state index contributed by atoms with van der Waals surface area (Å²) in [6.07, 6.45) is 1.36. The van der Waals surface area contributed by atoms with E-state index in [9.17, 15) is 9.18 Å². The summed E-state index contributed by atoms with van der Waals surface area (Å²) < 4.78 is 13.8. The minimum Gasteiger partial charge on any atom is -0.381 e. The first-order valence-corrected chi connectivity index (χ1v) is 6.90. The summed E-state index contributed by atoms with van der Waals surface area (Å²) >= 11 is 0. The van der Waals surface area contributed by atoms with Crippen LogP contribution in [0.4, 0.5) is 10.2 Å². The van der Waals surface area contributed by atoms with Crippen molar-refractivity contribution < 1.29 is 9.18 Å². The molecular weight excluding hydrogens is 259 g/mol. The van der Waals surface area contributed by atoms with Crippen molar-refractivity contribution in [3.8, 4) is 0 Å². The Hall–Kier alpha value is -1.69. The molecule has 1 amide bonds. The number of piperazine rings is 1. The van der Waals surface area contributed by atoms with Crippen molar-refractivity contribution in [1.29, 1.82) is 0 Å². The minimum absolute atomic E-state index is 0.00908. The fourth-order valence-electron chi connectivity index (χ4n) is 2.45. The van der Waals surface area contributed by atoms with Gasteiger partial charge in [-0.2, -0.15) is 0 Å². The average molecular weight is 280 g/mol. The number of amides is 1. The van der Waals surface area contributed by atoms with E-state index in [0.29, 0.717) is 19.0 Å². The Morgan fingerprint density at radius 2 is 2.05 bits per heavy atom. The van der Waals surface area contributed by atoms with E-state index in [-0.39, 0.29) is 17.3 Å². The number of carbonyl (C=O) groups excluding carboxylic acids is 1. The highest BCUT2D eigenvalue weighted by molar-refractivity contribution is 5.95. The summed E-state index contributed by atoms with van der Waals surface area (Å²) in [6, 6.07) is 1.38. The highest BCUT2D eigenvalue weighted by atomic mass is 19.1. The molecule has 1 aliphatic heterocycles. The largest absolute Gasteiger partial charge is 0.381 e. The molecule has 20 heavy (non-hydrogen) atoms. The number of nitrogen functional groups attached to an aromatic ring is 1. The van der Waals surface area contributed by atoms with Crippen LogP contribution in [-0.2, 0) is 0 Å². The number of aromatic nitrogens is 1. The highest BCUT2D eigenvalue weighted by Gasteiger charge is 2.25. The normalized spacial score (nSPS) is 16.7. The first-order chi connectivity index (χ1) is 9.49. The second-order valence-corrected chi connectivity index (χ2v) is 5.54. The summed E-state index contributed by atoms with van der Waals surface area (Å²) in [5, 5.41) is 0. The van der Waals surface area contributed by atoms with E-state index < -0.39 is 5.82 Å². The molecule has 1 aromatic rings. The number of nitrogens with two attached hydrogens (primary N) is 1. The first kappa shape index (κ1) is 14.7. The maximum absolute atomic E-state index is 13.8. The Morgan fingerprint density at radius 1 is 1.40 bits per heavy atom. The van der Waals surface area contributed by atoms with Crippen LogP contribution < -0.4 is 5.73 Å². The number of anilines is 1. The molecule has 2 heterocycles. The number of rotatable bonds is 3. The van der Waals surface area contributed by atoms with Crippen LogP contribution in [0.25, 0.3) is 0 Å². The second-order valence-electron chi connectivity index (χ2n) is 5.54. The van der Waals surface area contributed by atoms with E-state index in [1.807, 2.05) is 0 Å². The summed E-state index contributed by atoms with van der Waals surface area (Å²) in [4.78, 5) is 19.9. The molecular formula is C14H21FN4O. The molecule has 0 unspecified atom stereocenters. The zero-order valence-electron chi connectivity index (χ0n) is 12.0. The molecule has 0 bridgehead atoms. The van der Waals surface area contributed by atoms with Gasteiger partial charge in [-0.3, -0.25) is 9.69 Å². The van der Waals surface area contributed by atoms with Gasteiger partial charge in [0.25, 0.3) is 5.91 Å². The van der Waals surface area contributed by atoms with Crippen LogP contribution in [-0.4, -0.2) is 53.4 Å². The molecule has 0 radical (unpaired) electrons.